The van der Waals surface area contributed by atoms with Crippen LogP contribution in [0.1, 0.15) is 11.1 Å². The average molecular weight is 453 g/mol. The molecule has 0 spiro atoms. The minimum Gasteiger partial charge on any atom is -0.350 e. The number of benzene rings is 2. The molecule has 0 bridgehead atoms. The Hall–Kier alpha value is -1.86. The molecule has 0 radical (unpaired) electrons. The number of imide groups is 1. The van der Waals surface area contributed by atoms with Gasteiger partial charge in [-0.05, 0) is 72.3 Å². The standard InChI is InChI=1S/C18H14ClIN2O2/c1-10-3-6-13(7-4-10)21-16-15(19)17(23)22(18(16)24)14-8-5-12(20)9-11(14)2/h3-9,21H,1-2H3. The number of nitrogens with one attached hydrogen (secondary N) is 1. The molecule has 0 atom stereocenters. The van der Waals surface area contributed by atoms with Gasteiger partial charge in [0.15, 0.2) is 0 Å². The maximum Gasteiger partial charge on any atom is 0.283 e. The van der Waals surface area contributed by atoms with E-state index in [0.29, 0.717) is 11.4 Å². The van der Waals surface area contributed by atoms with Crippen molar-refractivity contribution in [1.29, 1.82) is 0 Å². The van der Waals surface area contributed by atoms with Gasteiger partial charge >= 0.3 is 0 Å². The van der Waals surface area contributed by atoms with E-state index in [4.69, 9.17) is 11.6 Å². The lowest BCUT2D eigenvalue weighted by Gasteiger charge is -2.17. The van der Waals surface area contributed by atoms with Gasteiger partial charge in [0.05, 0.1) is 5.69 Å². The Labute approximate surface area is 158 Å². The molecule has 1 N–H and O–H groups in total. The van der Waals surface area contributed by atoms with Crippen LogP contribution < -0.4 is 10.2 Å². The lowest BCUT2D eigenvalue weighted by Crippen LogP contribution is -2.32. The first-order chi connectivity index (χ1) is 11.4. The second kappa shape index (κ2) is 6.57. The van der Waals surface area contributed by atoms with Crippen molar-refractivity contribution in [1.82, 2.24) is 0 Å². The number of hydrogen-bond donors (Lipinski definition) is 1. The summed E-state index contributed by atoms with van der Waals surface area (Å²) in [4.78, 5) is 26.3. The van der Waals surface area contributed by atoms with Gasteiger partial charge in [-0.25, -0.2) is 4.90 Å². The monoisotopic (exact) mass is 452 g/mol. The number of hydrogen-bond acceptors (Lipinski definition) is 3. The largest absolute Gasteiger partial charge is 0.350 e. The molecule has 122 valence electrons. The second-order valence-corrected chi connectivity index (χ2v) is 7.18. The van der Waals surface area contributed by atoms with Crippen molar-refractivity contribution in [2.24, 2.45) is 0 Å². The Morgan fingerprint density at radius 3 is 2.29 bits per heavy atom. The summed E-state index contributed by atoms with van der Waals surface area (Å²) in [6.07, 6.45) is 0. The third-order valence-corrected chi connectivity index (χ3v) is 4.77. The van der Waals surface area contributed by atoms with Gasteiger partial charge in [0.25, 0.3) is 11.8 Å². The zero-order chi connectivity index (χ0) is 17.4. The molecule has 1 aliphatic heterocycles. The lowest BCUT2D eigenvalue weighted by atomic mass is 10.2. The molecule has 0 fully saturated rings. The summed E-state index contributed by atoms with van der Waals surface area (Å²) in [5, 5.41) is 2.86. The van der Waals surface area contributed by atoms with Crippen LogP contribution in [0.15, 0.2) is 53.2 Å². The van der Waals surface area contributed by atoms with Crippen LogP contribution in [0.4, 0.5) is 11.4 Å². The van der Waals surface area contributed by atoms with E-state index in [0.717, 1.165) is 19.6 Å². The van der Waals surface area contributed by atoms with E-state index in [-0.39, 0.29) is 10.7 Å². The summed E-state index contributed by atoms with van der Waals surface area (Å²) in [5.41, 5.74) is 3.29. The van der Waals surface area contributed by atoms with Crippen LogP contribution in [0, 0.1) is 17.4 Å². The fourth-order valence-electron chi connectivity index (χ4n) is 2.48. The van der Waals surface area contributed by atoms with Crippen molar-refractivity contribution in [3.8, 4) is 0 Å². The van der Waals surface area contributed by atoms with Crippen molar-refractivity contribution >= 4 is 57.4 Å². The van der Waals surface area contributed by atoms with E-state index in [1.54, 1.807) is 6.07 Å². The van der Waals surface area contributed by atoms with Crippen LogP contribution >= 0.6 is 34.2 Å². The first-order valence-corrected chi connectivity index (χ1v) is 8.72. The average Bonchev–Trinajstić information content (AvgIpc) is 2.74. The maximum absolute atomic E-state index is 12.7. The topological polar surface area (TPSA) is 49.4 Å². The van der Waals surface area contributed by atoms with Gasteiger partial charge in [-0.2, -0.15) is 0 Å². The fourth-order valence-corrected chi connectivity index (χ4v) is 3.34. The number of amides is 2. The van der Waals surface area contributed by atoms with Crippen molar-refractivity contribution < 1.29 is 9.59 Å². The molecule has 0 aromatic heterocycles. The highest BCUT2D eigenvalue weighted by Gasteiger charge is 2.39. The number of rotatable bonds is 3. The zero-order valence-corrected chi connectivity index (χ0v) is 16.0. The van der Waals surface area contributed by atoms with Gasteiger partial charge < -0.3 is 5.32 Å². The molecular formula is C18H14ClIN2O2. The van der Waals surface area contributed by atoms with Crippen LogP contribution in [0.3, 0.4) is 0 Å². The van der Waals surface area contributed by atoms with E-state index in [2.05, 4.69) is 27.9 Å². The van der Waals surface area contributed by atoms with Gasteiger partial charge in [-0.15, -0.1) is 0 Å². The van der Waals surface area contributed by atoms with Gasteiger partial charge in [0.2, 0.25) is 0 Å². The molecule has 1 aliphatic rings. The Balaban J connectivity index is 1.94. The molecule has 4 nitrogen and oxygen atoms in total. The van der Waals surface area contributed by atoms with Gasteiger partial charge in [0, 0.05) is 9.26 Å². The Kier molecular flexibility index (Phi) is 4.64. The summed E-state index contributed by atoms with van der Waals surface area (Å²) in [6.45, 7) is 3.83. The maximum atomic E-state index is 12.7. The van der Waals surface area contributed by atoms with Crippen molar-refractivity contribution in [3.05, 3.63) is 67.9 Å². The summed E-state index contributed by atoms with van der Waals surface area (Å²) in [6, 6.07) is 13.0. The van der Waals surface area contributed by atoms with E-state index in [9.17, 15) is 9.59 Å². The van der Waals surface area contributed by atoms with E-state index < -0.39 is 11.8 Å². The van der Waals surface area contributed by atoms with Gasteiger partial charge in [-0.3, -0.25) is 9.59 Å². The lowest BCUT2D eigenvalue weighted by molar-refractivity contribution is -0.120. The number of carbonyl (C=O) groups excluding carboxylic acids is 2. The summed E-state index contributed by atoms with van der Waals surface area (Å²) in [5.74, 6) is -0.963. The van der Waals surface area contributed by atoms with Crippen LogP contribution in [-0.4, -0.2) is 11.8 Å². The smallest absolute Gasteiger partial charge is 0.283 e. The normalized spacial score (nSPS) is 14.6. The predicted molar refractivity (Wildman–Crippen MR) is 104 cm³/mol. The Bertz CT molecular complexity index is 875. The highest BCUT2D eigenvalue weighted by atomic mass is 127. The molecule has 0 saturated carbocycles. The number of carbonyl (C=O) groups is 2. The number of nitrogens with zero attached hydrogens (tertiary/aromatic N) is 1. The SMILES string of the molecule is Cc1ccc(NC2=C(Cl)C(=O)N(c3ccc(I)cc3C)C2=O)cc1. The molecule has 0 saturated heterocycles. The minimum atomic E-state index is -0.513. The highest BCUT2D eigenvalue weighted by Crippen LogP contribution is 2.32. The van der Waals surface area contributed by atoms with E-state index in [1.165, 1.54) is 0 Å². The molecule has 2 amide bonds. The molecule has 6 heteroatoms. The van der Waals surface area contributed by atoms with Crippen LogP contribution in [0.2, 0.25) is 0 Å². The summed E-state index contributed by atoms with van der Waals surface area (Å²) < 4.78 is 1.03. The molecular weight excluding hydrogens is 439 g/mol. The van der Waals surface area contributed by atoms with Gasteiger partial charge in [-0.1, -0.05) is 29.3 Å². The summed E-state index contributed by atoms with van der Waals surface area (Å²) >= 11 is 8.32. The third kappa shape index (κ3) is 3.06. The first-order valence-electron chi connectivity index (χ1n) is 7.27. The molecule has 3 rings (SSSR count). The molecule has 0 unspecified atom stereocenters. The Morgan fingerprint density at radius 2 is 1.67 bits per heavy atom. The fraction of sp³-hybridized carbons (Fsp3) is 0.111. The minimum absolute atomic E-state index is 0.0986. The molecule has 0 aliphatic carbocycles. The zero-order valence-electron chi connectivity index (χ0n) is 13.1. The highest BCUT2D eigenvalue weighted by molar-refractivity contribution is 14.1. The number of anilines is 2. The molecule has 2 aromatic carbocycles. The number of aryl methyl sites for hydroxylation is 2. The van der Waals surface area contributed by atoms with Crippen molar-refractivity contribution in [2.45, 2.75) is 13.8 Å². The number of halogens is 2. The van der Waals surface area contributed by atoms with Crippen LogP contribution in [-0.2, 0) is 9.59 Å². The predicted octanol–water partition coefficient (Wildman–Crippen LogP) is 4.34. The van der Waals surface area contributed by atoms with Crippen molar-refractivity contribution in [2.75, 3.05) is 10.2 Å². The third-order valence-electron chi connectivity index (χ3n) is 3.75. The first kappa shape index (κ1) is 17.0. The van der Waals surface area contributed by atoms with Crippen LogP contribution in [0.25, 0.3) is 0 Å². The quantitative estimate of drug-likeness (QED) is 0.557. The second-order valence-electron chi connectivity index (χ2n) is 5.56. The summed E-state index contributed by atoms with van der Waals surface area (Å²) in [7, 11) is 0. The van der Waals surface area contributed by atoms with Gasteiger partial charge in [0.1, 0.15) is 10.7 Å². The van der Waals surface area contributed by atoms with Crippen LogP contribution in [0.5, 0.6) is 0 Å². The van der Waals surface area contributed by atoms with Crippen molar-refractivity contribution in [3.63, 3.8) is 0 Å². The molecule has 2 aromatic rings. The Morgan fingerprint density at radius 1 is 1.00 bits per heavy atom. The molecule has 24 heavy (non-hydrogen) atoms. The molecule has 1 heterocycles. The van der Waals surface area contributed by atoms with E-state index >= 15 is 0 Å². The van der Waals surface area contributed by atoms with E-state index in [1.807, 2.05) is 50.2 Å².